The van der Waals surface area contributed by atoms with E-state index in [4.69, 9.17) is 0 Å². The lowest BCUT2D eigenvalue weighted by Gasteiger charge is -2.35. The molecular weight excluding hydrogens is 321 g/mol. The lowest BCUT2D eigenvalue weighted by atomic mass is 9.90. The molecule has 0 radical (unpaired) electrons. The fourth-order valence-electron chi connectivity index (χ4n) is 1.91. The average molecular weight is 346 g/mol. The van der Waals surface area contributed by atoms with Crippen molar-refractivity contribution in [3.05, 3.63) is 35.6 Å². The van der Waals surface area contributed by atoms with E-state index in [0.29, 0.717) is 17.7 Å². The van der Waals surface area contributed by atoms with E-state index in [2.05, 4.69) is 4.72 Å². The van der Waals surface area contributed by atoms with Crippen molar-refractivity contribution in [2.45, 2.75) is 51.3 Å². The third-order valence-electron chi connectivity index (χ3n) is 3.25. The molecule has 0 bridgehead atoms. The lowest BCUT2D eigenvalue weighted by Crippen LogP contribution is -2.50. The van der Waals surface area contributed by atoms with Gasteiger partial charge in [-0.05, 0) is 40.2 Å². The van der Waals surface area contributed by atoms with Gasteiger partial charge in [0.05, 0.1) is 5.54 Å². The highest BCUT2D eigenvalue weighted by molar-refractivity contribution is 8.13. The van der Waals surface area contributed by atoms with Crippen molar-refractivity contribution in [2.24, 2.45) is 0 Å². The summed E-state index contributed by atoms with van der Waals surface area (Å²) in [5.41, 5.74) is -0.330. The van der Waals surface area contributed by atoms with Crippen LogP contribution in [-0.4, -0.2) is 20.2 Å². The van der Waals surface area contributed by atoms with Crippen molar-refractivity contribution in [1.29, 1.82) is 0 Å². The van der Waals surface area contributed by atoms with Gasteiger partial charge in [0.25, 0.3) is 0 Å². The van der Waals surface area contributed by atoms with E-state index in [1.807, 2.05) is 27.7 Å². The Morgan fingerprint density at radius 1 is 1.32 bits per heavy atom. The van der Waals surface area contributed by atoms with Gasteiger partial charge in [0.1, 0.15) is 10.6 Å². The predicted molar refractivity (Wildman–Crippen MR) is 92.5 cm³/mol. The molecule has 1 rings (SSSR count). The highest BCUT2D eigenvalue weighted by Crippen LogP contribution is 2.31. The van der Waals surface area contributed by atoms with Crippen LogP contribution in [0.3, 0.4) is 0 Å². The van der Waals surface area contributed by atoms with Crippen LogP contribution in [-0.2, 0) is 21.7 Å². The van der Waals surface area contributed by atoms with E-state index in [0.717, 1.165) is 0 Å². The minimum Gasteiger partial charge on any atom is -0.598 e. The molecule has 0 unspecified atom stereocenters. The molecule has 0 heterocycles. The summed E-state index contributed by atoms with van der Waals surface area (Å²) in [6, 6.07) is 6.48. The van der Waals surface area contributed by atoms with E-state index >= 15 is 0 Å². The van der Waals surface area contributed by atoms with Gasteiger partial charge >= 0.3 is 0 Å². The number of hydrogen-bond donors (Lipinski definition) is 1. The van der Waals surface area contributed by atoms with Crippen molar-refractivity contribution in [1.82, 2.24) is 4.72 Å². The van der Waals surface area contributed by atoms with Crippen LogP contribution in [0.1, 0.15) is 46.6 Å². The molecule has 0 fully saturated rings. The molecule has 1 N–H and O–H groups in total. The summed E-state index contributed by atoms with van der Waals surface area (Å²) in [6.07, 6.45) is 0.500. The molecular formula is C16H24FNO2S2. The second-order valence-electron chi connectivity index (χ2n) is 6.39. The molecule has 0 saturated heterocycles. The first-order chi connectivity index (χ1) is 10.1. The first-order valence-electron chi connectivity index (χ1n) is 7.14. The highest BCUT2D eigenvalue weighted by atomic mass is 32.2. The fraction of sp³-hybridized carbons (Fsp3) is 0.562. The molecule has 124 valence electrons. The Balaban J connectivity index is 3.04. The van der Waals surface area contributed by atoms with Crippen LogP contribution >= 0.6 is 11.8 Å². The number of halogens is 1. The van der Waals surface area contributed by atoms with Crippen LogP contribution in [0.25, 0.3) is 0 Å². The number of thioether (sulfide) groups is 1. The molecule has 2 atom stereocenters. The van der Waals surface area contributed by atoms with Crippen molar-refractivity contribution in [3.8, 4) is 0 Å². The van der Waals surface area contributed by atoms with Crippen LogP contribution in [0, 0.1) is 5.82 Å². The summed E-state index contributed by atoms with van der Waals surface area (Å²) in [6.45, 7) is 8.92. The van der Waals surface area contributed by atoms with E-state index in [9.17, 15) is 13.7 Å². The summed E-state index contributed by atoms with van der Waals surface area (Å²) in [7, 11) is 0. The Morgan fingerprint density at radius 2 is 1.91 bits per heavy atom. The maximum atomic E-state index is 14.2. The number of benzene rings is 1. The lowest BCUT2D eigenvalue weighted by molar-refractivity contribution is -0.109. The molecule has 1 aromatic carbocycles. The van der Waals surface area contributed by atoms with Gasteiger partial charge in [-0.25, -0.2) is 4.39 Å². The Bertz CT molecular complexity index is 519. The minimum absolute atomic E-state index is 0.0211. The molecule has 0 spiro atoms. The zero-order valence-electron chi connectivity index (χ0n) is 13.7. The molecule has 1 aromatic rings. The van der Waals surface area contributed by atoms with E-state index in [1.165, 1.54) is 24.8 Å². The SMILES string of the molecule is CC(=O)SCC[C@](C)(N[S@+]([O-])C(C)(C)C)c1ccccc1F. The zero-order chi connectivity index (χ0) is 17.0. The molecule has 0 amide bonds. The maximum Gasteiger partial charge on any atom is 0.185 e. The molecule has 22 heavy (non-hydrogen) atoms. The number of carbonyl (C=O) groups is 1. The first kappa shape index (κ1) is 19.5. The van der Waals surface area contributed by atoms with Crippen LogP contribution in [0.5, 0.6) is 0 Å². The van der Waals surface area contributed by atoms with Crippen molar-refractivity contribution < 1.29 is 13.7 Å². The molecule has 3 nitrogen and oxygen atoms in total. The Morgan fingerprint density at radius 3 is 2.41 bits per heavy atom. The van der Waals surface area contributed by atoms with E-state index in [1.54, 1.807) is 18.2 Å². The number of carbonyl (C=O) groups excluding carboxylic acids is 1. The Hall–Kier alpha value is -0.560. The number of hydrogen-bond acceptors (Lipinski definition) is 4. The maximum absolute atomic E-state index is 14.2. The molecule has 0 aliphatic rings. The minimum atomic E-state index is -1.34. The van der Waals surface area contributed by atoms with Gasteiger partial charge in [-0.15, -0.1) is 4.72 Å². The summed E-state index contributed by atoms with van der Waals surface area (Å²) >= 11 is -0.148. The van der Waals surface area contributed by atoms with Crippen molar-refractivity contribution in [2.75, 3.05) is 5.75 Å². The normalized spacial score (nSPS) is 16.1. The number of rotatable bonds is 6. The zero-order valence-corrected chi connectivity index (χ0v) is 15.4. The van der Waals surface area contributed by atoms with Crippen LogP contribution in [0.15, 0.2) is 24.3 Å². The third kappa shape index (κ3) is 5.57. The molecule has 0 aliphatic carbocycles. The van der Waals surface area contributed by atoms with E-state index < -0.39 is 21.6 Å². The highest BCUT2D eigenvalue weighted by Gasteiger charge is 2.38. The second-order valence-corrected chi connectivity index (χ2v) is 9.62. The van der Waals surface area contributed by atoms with Gasteiger partial charge in [0, 0.05) is 29.6 Å². The fourth-order valence-corrected chi connectivity index (χ4v) is 3.63. The van der Waals surface area contributed by atoms with E-state index in [-0.39, 0.29) is 10.9 Å². The van der Waals surface area contributed by atoms with Crippen molar-refractivity contribution >= 4 is 28.2 Å². The quantitative estimate of drug-likeness (QED) is 0.798. The van der Waals surface area contributed by atoms with Gasteiger partial charge in [-0.1, -0.05) is 30.0 Å². The average Bonchev–Trinajstić information content (AvgIpc) is 2.37. The molecule has 0 saturated carbocycles. The topological polar surface area (TPSA) is 52.2 Å². The second kappa shape index (κ2) is 7.81. The Kier molecular flexibility index (Phi) is 6.92. The molecule has 0 aliphatic heterocycles. The molecule has 0 aromatic heterocycles. The largest absolute Gasteiger partial charge is 0.598 e. The van der Waals surface area contributed by atoms with Gasteiger partial charge in [0.2, 0.25) is 0 Å². The third-order valence-corrected chi connectivity index (χ3v) is 5.81. The predicted octanol–water partition coefficient (Wildman–Crippen LogP) is 3.76. The molecule has 6 heteroatoms. The monoisotopic (exact) mass is 345 g/mol. The smallest absolute Gasteiger partial charge is 0.185 e. The first-order valence-corrected chi connectivity index (χ1v) is 9.28. The van der Waals surface area contributed by atoms with Gasteiger partial charge in [-0.3, -0.25) is 4.79 Å². The summed E-state index contributed by atoms with van der Waals surface area (Å²) in [4.78, 5) is 11.1. The van der Waals surface area contributed by atoms with Crippen LogP contribution in [0.2, 0.25) is 0 Å². The summed E-state index contributed by atoms with van der Waals surface area (Å²) in [5.74, 6) is 0.199. The van der Waals surface area contributed by atoms with Gasteiger partial charge in [0.15, 0.2) is 5.12 Å². The van der Waals surface area contributed by atoms with Crippen LogP contribution < -0.4 is 4.72 Å². The van der Waals surface area contributed by atoms with Crippen molar-refractivity contribution in [3.63, 3.8) is 0 Å². The summed E-state index contributed by atoms with van der Waals surface area (Å²) < 4.78 is 29.3. The van der Waals surface area contributed by atoms with Gasteiger partial charge in [-0.2, -0.15) is 0 Å². The Labute approximate surface area is 139 Å². The summed E-state index contributed by atoms with van der Waals surface area (Å²) in [5, 5.41) is 0.0211. The number of nitrogens with one attached hydrogen (secondary N) is 1. The standard InChI is InChI=1S/C16H24FNO2S2/c1-12(19)21-11-10-16(5,18-22(20)15(2,3)4)13-8-6-7-9-14(13)17/h6-9,18H,10-11H2,1-5H3/t16-,22+/m0/s1. The van der Waals surface area contributed by atoms with Crippen LogP contribution in [0.4, 0.5) is 4.39 Å². The van der Waals surface area contributed by atoms with Gasteiger partial charge < -0.3 is 4.55 Å².